The van der Waals surface area contributed by atoms with E-state index in [2.05, 4.69) is 10.2 Å². The molecule has 1 aromatic heterocycles. The fourth-order valence-electron chi connectivity index (χ4n) is 3.63. The third-order valence-electron chi connectivity index (χ3n) is 5.11. The minimum atomic E-state index is -5.08. The number of carbonyl (C=O) groups is 2. The molecule has 3 atom stereocenters. The fraction of sp³-hybridized carbons (Fsp3) is 0.667. The van der Waals surface area contributed by atoms with Gasteiger partial charge >= 0.3 is 12.1 Å². The molecule has 28 heavy (non-hydrogen) atoms. The second kappa shape index (κ2) is 8.52. The number of hydrogen-bond donors (Lipinski definition) is 2. The molecular formula is C18H23F3N2O5. The molecule has 156 valence electrons. The van der Waals surface area contributed by atoms with Gasteiger partial charge in [0.15, 0.2) is 0 Å². The van der Waals surface area contributed by atoms with Gasteiger partial charge in [-0.2, -0.15) is 13.2 Å². The average molecular weight is 404 g/mol. The third-order valence-corrected chi connectivity index (χ3v) is 5.11. The van der Waals surface area contributed by atoms with Crippen molar-refractivity contribution >= 4 is 11.9 Å². The fourth-order valence-corrected chi connectivity index (χ4v) is 3.63. The number of nitrogens with one attached hydrogen (secondary N) is 1. The van der Waals surface area contributed by atoms with E-state index in [0.29, 0.717) is 6.04 Å². The number of carbonyl (C=O) groups excluding carboxylic acids is 1. The molecule has 1 aliphatic carbocycles. The molecule has 0 bridgehead atoms. The van der Waals surface area contributed by atoms with Crippen molar-refractivity contribution in [3.63, 3.8) is 0 Å². The minimum Gasteiger partial charge on any atom is -0.475 e. The Labute approximate surface area is 159 Å². The smallest absolute Gasteiger partial charge is 0.475 e. The van der Waals surface area contributed by atoms with Gasteiger partial charge in [-0.05, 0) is 31.7 Å². The van der Waals surface area contributed by atoms with Crippen molar-refractivity contribution in [2.24, 2.45) is 5.92 Å². The van der Waals surface area contributed by atoms with Crippen molar-refractivity contribution in [2.45, 2.75) is 56.6 Å². The topological polar surface area (TPSA) is 92.0 Å². The molecule has 2 N–H and O–H groups in total. The van der Waals surface area contributed by atoms with Gasteiger partial charge in [0, 0.05) is 37.2 Å². The summed E-state index contributed by atoms with van der Waals surface area (Å²) >= 11 is 0. The number of carboxylic acids is 1. The Hall–Kier alpha value is -2.07. The van der Waals surface area contributed by atoms with E-state index in [0.717, 1.165) is 45.4 Å². The number of furan rings is 1. The van der Waals surface area contributed by atoms with Crippen LogP contribution in [-0.2, 0) is 20.9 Å². The summed E-state index contributed by atoms with van der Waals surface area (Å²) in [7, 11) is 0. The van der Waals surface area contributed by atoms with Crippen molar-refractivity contribution in [3.05, 3.63) is 24.2 Å². The summed E-state index contributed by atoms with van der Waals surface area (Å²) in [6, 6.07) is 2.56. The highest BCUT2D eigenvalue weighted by Gasteiger charge is 2.45. The highest BCUT2D eigenvalue weighted by Crippen LogP contribution is 2.33. The first kappa shape index (κ1) is 20.7. The van der Waals surface area contributed by atoms with E-state index < -0.39 is 12.1 Å². The molecular weight excluding hydrogens is 381 g/mol. The molecule has 3 heterocycles. The predicted octanol–water partition coefficient (Wildman–Crippen LogP) is 2.17. The first-order chi connectivity index (χ1) is 13.3. The van der Waals surface area contributed by atoms with Crippen molar-refractivity contribution in [3.8, 4) is 0 Å². The summed E-state index contributed by atoms with van der Waals surface area (Å²) in [6.45, 7) is 2.56. The summed E-state index contributed by atoms with van der Waals surface area (Å²) in [5, 5.41) is 10.3. The Balaban J connectivity index is 0.000000279. The largest absolute Gasteiger partial charge is 0.490 e. The van der Waals surface area contributed by atoms with Gasteiger partial charge in [0.1, 0.15) is 0 Å². The number of likely N-dealkylation sites (tertiary alicyclic amines) is 1. The summed E-state index contributed by atoms with van der Waals surface area (Å²) < 4.78 is 42.9. The summed E-state index contributed by atoms with van der Waals surface area (Å²) in [5.41, 5.74) is 1.19. The number of amides is 1. The molecule has 2 aliphatic heterocycles. The maximum absolute atomic E-state index is 12.1. The summed E-state index contributed by atoms with van der Waals surface area (Å²) in [5.74, 6) is -2.28. The lowest BCUT2D eigenvalue weighted by molar-refractivity contribution is -0.192. The van der Waals surface area contributed by atoms with Crippen LogP contribution in [0.3, 0.4) is 0 Å². The van der Waals surface area contributed by atoms with Gasteiger partial charge in [-0.1, -0.05) is 0 Å². The average Bonchev–Trinajstić information content (AvgIpc) is 3.28. The minimum absolute atomic E-state index is 0.135. The lowest BCUT2D eigenvalue weighted by Crippen LogP contribution is -2.48. The maximum atomic E-state index is 12.1. The number of carboxylic acid groups (broad SMARTS) is 1. The molecule has 0 aromatic carbocycles. The van der Waals surface area contributed by atoms with Crippen LogP contribution in [0.25, 0.3) is 0 Å². The lowest BCUT2D eigenvalue weighted by Gasteiger charge is -2.32. The Morgan fingerprint density at radius 2 is 2.00 bits per heavy atom. The van der Waals surface area contributed by atoms with Crippen LogP contribution >= 0.6 is 0 Å². The van der Waals surface area contributed by atoms with E-state index in [1.54, 1.807) is 12.5 Å². The molecule has 3 aliphatic rings. The number of aliphatic carboxylic acids is 1. The Morgan fingerprint density at radius 3 is 2.57 bits per heavy atom. The quantitative estimate of drug-likeness (QED) is 0.799. The molecule has 2 saturated heterocycles. The second-order valence-electron chi connectivity index (χ2n) is 7.30. The zero-order valence-corrected chi connectivity index (χ0v) is 15.2. The molecule has 1 amide bonds. The first-order valence-corrected chi connectivity index (χ1v) is 9.23. The van der Waals surface area contributed by atoms with E-state index in [4.69, 9.17) is 19.1 Å². The first-order valence-electron chi connectivity index (χ1n) is 9.23. The molecule has 3 fully saturated rings. The van der Waals surface area contributed by atoms with Gasteiger partial charge in [-0.3, -0.25) is 9.69 Å². The zero-order valence-electron chi connectivity index (χ0n) is 15.2. The summed E-state index contributed by atoms with van der Waals surface area (Å²) in [4.78, 5) is 23.4. The van der Waals surface area contributed by atoms with Gasteiger partial charge in [-0.25, -0.2) is 4.79 Å². The van der Waals surface area contributed by atoms with Crippen LogP contribution < -0.4 is 5.32 Å². The maximum Gasteiger partial charge on any atom is 0.490 e. The Morgan fingerprint density at radius 1 is 1.29 bits per heavy atom. The lowest BCUT2D eigenvalue weighted by atomic mass is 10.0. The van der Waals surface area contributed by atoms with Gasteiger partial charge in [0.25, 0.3) is 0 Å². The number of halogens is 3. The Bertz CT molecular complexity index is 675. The monoisotopic (exact) mass is 404 g/mol. The van der Waals surface area contributed by atoms with E-state index in [9.17, 15) is 18.0 Å². The Kier molecular flexibility index (Phi) is 6.29. The van der Waals surface area contributed by atoms with Crippen molar-refractivity contribution in [1.82, 2.24) is 10.2 Å². The number of hydrogen-bond acceptors (Lipinski definition) is 5. The van der Waals surface area contributed by atoms with Crippen LogP contribution in [0.4, 0.5) is 13.2 Å². The molecule has 0 spiro atoms. The van der Waals surface area contributed by atoms with Gasteiger partial charge < -0.3 is 19.6 Å². The SMILES string of the molecule is O=C(N[C@@H]1CN(Cc2ccoc2)[C@@H]2CCCO[C@@H]21)C1CC1.O=C(O)C(F)(F)F. The number of alkyl halides is 3. The van der Waals surface area contributed by atoms with Crippen LogP contribution in [0.15, 0.2) is 23.0 Å². The zero-order chi connectivity index (χ0) is 20.3. The van der Waals surface area contributed by atoms with Crippen molar-refractivity contribution in [2.75, 3.05) is 13.2 Å². The van der Waals surface area contributed by atoms with E-state index in [-0.39, 0.29) is 24.0 Å². The molecule has 4 rings (SSSR count). The third kappa shape index (κ3) is 5.26. The molecule has 1 aromatic rings. The molecule has 1 saturated carbocycles. The highest BCUT2D eigenvalue weighted by atomic mass is 19.4. The van der Waals surface area contributed by atoms with Crippen LogP contribution in [0.5, 0.6) is 0 Å². The van der Waals surface area contributed by atoms with Crippen LogP contribution in [0.1, 0.15) is 31.2 Å². The number of fused-ring (bicyclic) bond motifs is 1. The van der Waals surface area contributed by atoms with Crippen LogP contribution in [0, 0.1) is 5.92 Å². The van der Waals surface area contributed by atoms with Crippen LogP contribution in [0.2, 0.25) is 0 Å². The van der Waals surface area contributed by atoms with Gasteiger partial charge in [-0.15, -0.1) is 0 Å². The predicted molar refractivity (Wildman–Crippen MR) is 90.2 cm³/mol. The molecule has 0 unspecified atom stereocenters. The summed E-state index contributed by atoms with van der Waals surface area (Å²) in [6.07, 6.45) is 2.93. The van der Waals surface area contributed by atoms with Gasteiger partial charge in [0.05, 0.1) is 24.7 Å². The van der Waals surface area contributed by atoms with Crippen LogP contribution in [-0.4, -0.2) is 59.4 Å². The van der Waals surface area contributed by atoms with Crippen molar-refractivity contribution < 1.29 is 37.0 Å². The standard InChI is InChI=1S/C16H22N2O3.C2HF3O2/c19-16(12-3-4-12)17-13-9-18(8-11-5-7-20-10-11)14-2-1-6-21-15(13)14;3-2(4,5)1(6)7/h5,7,10,12-15H,1-4,6,8-9H2,(H,17,19);(H,6,7)/t13-,14-,15-;/m1./s1. The normalized spacial score (nSPS) is 27.5. The van der Waals surface area contributed by atoms with Gasteiger partial charge in [0.2, 0.25) is 5.91 Å². The molecule has 10 heteroatoms. The number of ether oxygens (including phenoxy) is 1. The van der Waals surface area contributed by atoms with E-state index in [1.807, 2.05) is 6.07 Å². The van der Waals surface area contributed by atoms with Crippen molar-refractivity contribution in [1.29, 1.82) is 0 Å². The number of nitrogens with zero attached hydrogens (tertiary/aromatic N) is 1. The van der Waals surface area contributed by atoms with E-state index in [1.165, 1.54) is 5.56 Å². The van der Waals surface area contributed by atoms with E-state index >= 15 is 0 Å². The number of rotatable bonds is 4. The highest BCUT2D eigenvalue weighted by molar-refractivity contribution is 5.81. The second-order valence-corrected chi connectivity index (χ2v) is 7.30. The molecule has 0 radical (unpaired) electrons. The molecule has 7 nitrogen and oxygen atoms in total.